The van der Waals surface area contributed by atoms with Crippen molar-refractivity contribution >= 4 is 0 Å². The quantitative estimate of drug-likeness (QED) is 0.864. The molecule has 1 saturated carbocycles. The van der Waals surface area contributed by atoms with Gasteiger partial charge in [0.2, 0.25) is 0 Å². The molecule has 106 valence electrons. The summed E-state index contributed by atoms with van der Waals surface area (Å²) in [4.78, 5) is 0. The van der Waals surface area contributed by atoms with Gasteiger partial charge in [0.05, 0.1) is 13.2 Å². The van der Waals surface area contributed by atoms with E-state index in [1.807, 2.05) is 0 Å². The molecule has 0 heterocycles. The Balaban J connectivity index is 1.88. The van der Waals surface area contributed by atoms with E-state index in [2.05, 4.69) is 0 Å². The Morgan fingerprint density at radius 1 is 1.32 bits per heavy atom. The minimum Gasteiger partial charge on any atom is -0.494 e. The Kier molecular flexibility index (Phi) is 5.20. The lowest BCUT2D eigenvalue weighted by Crippen LogP contribution is -2.08. The third kappa shape index (κ3) is 3.93. The van der Waals surface area contributed by atoms with Gasteiger partial charge in [0.15, 0.2) is 11.6 Å². The Morgan fingerprint density at radius 3 is 2.68 bits per heavy atom. The summed E-state index contributed by atoms with van der Waals surface area (Å²) in [6, 6.07) is 4.70. The molecule has 0 aliphatic heterocycles. The van der Waals surface area contributed by atoms with Gasteiger partial charge in [-0.3, -0.25) is 0 Å². The van der Waals surface area contributed by atoms with Crippen molar-refractivity contribution in [2.75, 3.05) is 7.11 Å². The molecule has 0 spiro atoms. The van der Waals surface area contributed by atoms with Gasteiger partial charge in [0.25, 0.3) is 0 Å². The van der Waals surface area contributed by atoms with Gasteiger partial charge in [-0.2, -0.15) is 0 Å². The molecule has 1 aromatic carbocycles. The van der Waals surface area contributed by atoms with Crippen LogP contribution in [0, 0.1) is 11.7 Å². The van der Waals surface area contributed by atoms with Crippen molar-refractivity contribution in [3.8, 4) is 5.75 Å². The molecular formula is C16H23FO2. The maximum absolute atomic E-state index is 13.6. The molecule has 2 rings (SSSR count). The number of halogens is 1. The fourth-order valence-electron chi connectivity index (χ4n) is 2.93. The van der Waals surface area contributed by atoms with E-state index < -0.39 is 11.9 Å². The average Bonchev–Trinajstić information content (AvgIpc) is 2.45. The van der Waals surface area contributed by atoms with Crippen LogP contribution >= 0.6 is 0 Å². The fraction of sp³-hybridized carbons (Fsp3) is 0.625. The van der Waals surface area contributed by atoms with Gasteiger partial charge < -0.3 is 9.84 Å². The lowest BCUT2D eigenvalue weighted by atomic mass is 9.85. The molecule has 1 aromatic rings. The second-order valence-corrected chi connectivity index (χ2v) is 5.49. The first-order valence-corrected chi connectivity index (χ1v) is 7.22. The van der Waals surface area contributed by atoms with Crippen LogP contribution in [0.15, 0.2) is 18.2 Å². The number of benzene rings is 1. The van der Waals surface area contributed by atoms with E-state index in [4.69, 9.17) is 4.74 Å². The summed E-state index contributed by atoms with van der Waals surface area (Å²) in [6.45, 7) is 0. The summed E-state index contributed by atoms with van der Waals surface area (Å²) in [5.41, 5.74) is 0.647. The van der Waals surface area contributed by atoms with Crippen molar-refractivity contribution in [1.82, 2.24) is 0 Å². The Bertz CT molecular complexity index is 400. The number of aliphatic hydroxyl groups excluding tert-OH is 1. The molecule has 1 aliphatic carbocycles. The molecule has 3 heteroatoms. The van der Waals surface area contributed by atoms with Crippen LogP contribution in [-0.2, 0) is 0 Å². The summed E-state index contributed by atoms with van der Waals surface area (Å²) < 4.78 is 18.4. The SMILES string of the molecule is COc1ccc(C(O)CCC2CCCCC2)cc1F. The number of aliphatic hydroxyl groups is 1. The summed E-state index contributed by atoms with van der Waals surface area (Å²) in [7, 11) is 1.44. The van der Waals surface area contributed by atoms with Crippen LogP contribution in [0.25, 0.3) is 0 Å². The van der Waals surface area contributed by atoms with Gasteiger partial charge in [-0.15, -0.1) is 0 Å². The molecule has 1 N–H and O–H groups in total. The number of ether oxygens (including phenoxy) is 1. The Hall–Kier alpha value is -1.09. The second kappa shape index (κ2) is 6.90. The minimum atomic E-state index is -0.567. The number of hydrogen-bond donors (Lipinski definition) is 1. The lowest BCUT2D eigenvalue weighted by Gasteiger charge is -2.22. The van der Waals surface area contributed by atoms with Crippen molar-refractivity contribution in [3.63, 3.8) is 0 Å². The highest BCUT2D eigenvalue weighted by atomic mass is 19.1. The van der Waals surface area contributed by atoms with Crippen molar-refractivity contribution in [2.45, 2.75) is 51.0 Å². The summed E-state index contributed by atoms with van der Waals surface area (Å²) in [5, 5.41) is 10.1. The Morgan fingerprint density at radius 2 is 2.05 bits per heavy atom. The van der Waals surface area contributed by atoms with E-state index in [1.54, 1.807) is 12.1 Å². The first kappa shape index (κ1) is 14.3. The second-order valence-electron chi connectivity index (χ2n) is 5.49. The van der Waals surface area contributed by atoms with Crippen molar-refractivity contribution in [1.29, 1.82) is 0 Å². The van der Waals surface area contributed by atoms with Gasteiger partial charge in [0, 0.05) is 0 Å². The molecule has 0 saturated heterocycles. The monoisotopic (exact) mass is 266 g/mol. The predicted molar refractivity (Wildman–Crippen MR) is 73.7 cm³/mol. The molecule has 19 heavy (non-hydrogen) atoms. The standard InChI is InChI=1S/C16H23FO2/c1-19-16-10-8-13(11-14(16)17)15(18)9-7-12-5-3-2-4-6-12/h8,10-12,15,18H,2-7,9H2,1H3. The highest BCUT2D eigenvalue weighted by Crippen LogP contribution is 2.31. The van der Waals surface area contributed by atoms with E-state index in [9.17, 15) is 9.50 Å². The molecule has 2 nitrogen and oxygen atoms in total. The highest BCUT2D eigenvalue weighted by Gasteiger charge is 2.17. The van der Waals surface area contributed by atoms with Crippen molar-refractivity contribution in [3.05, 3.63) is 29.6 Å². The smallest absolute Gasteiger partial charge is 0.165 e. The van der Waals surface area contributed by atoms with Crippen LogP contribution in [-0.4, -0.2) is 12.2 Å². The predicted octanol–water partition coefficient (Wildman–Crippen LogP) is 4.23. The molecule has 1 unspecified atom stereocenters. The molecule has 0 bridgehead atoms. The van der Waals surface area contributed by atoms with Gasteiger partial charge >= 0.3 is 0 Å². The van der Waals surface area contributed by atoms with Crippen molar-refractivity contribution in [2.24, 2.45) is 5.92 Å². The summed E-state index contributed by atoms with van der Waals surface area (Å²) in [6.07, 6.45) is 7.74. The largest absolute Gasteiger partial charge is 0.494 e. The minimum absolute atomic E-state index is 0.225. The molecular weight excluding hydrogens is 243 g/mol. The van der Waals surface area contributed by atoms with Crippen LogP contribution in [0.1, 0.15) is 56.6 Å². The van der Waals surface area contributed by atoms with E-state index in [-0.39, 0.29) is 5.75 Å². The normalized spacial score (nSPS) is 18.3. The number of methoxy groups -OCH3 is 1. The van der Waals surface area contributed by atoms with Crippen LogP contribution in [0.5, 0.6) is 5.75 Å². The van der Waals surface area contributed by atoms with E-state index in [0.717, 1.165) is 18.8 Å². The van der Waals surface area contributed by atoms with Crippen LogP contribution in [0.3, 0.4) is 0 Å². The molecule has 1 aliphatic rings. The molecule has 0 radical (unpaired) electrons. The van der Waals surface area contributed by atoms with Crippen LogP contribution in [0.4, 0.5) is 4.39 Å². The summed E-state index contributed by atoms with van der Waals surface area (Å²) >= 11 is 0. The van der Waals surface area contributed by atoms with Gasteiger partial charge in [-0.05, 0) is 36.5 Å². The molecule has 0 aromatic heterocycles. The molecule has 0 amide bonds. The van der Waals surface area contributed by atoms with Crippen LogP contribution in [0.2, 0.25) is 0 Å². The zero-order valence-corrected chi connectivity index (χ0v) is 11.6. The number of hydrogen-bond acceptors (Lipinski definition) is 2. The average molecular weight is 266 g/mol. The zero-order valence-electron chi connectivity index (χ0n) is 11.6. The zero-order chi connectivity index (χ0) is 13.7. The molecule has 1 fully saturated rings. The first-order chi connectivity index (χ1) is 9.20. The maximum atomic E-state index is 13.6. The maximum Gasteiger partial charge on any atom is 0.165 e. The third-order valence-electron chi connectivity index (χ3n) is 4.13. The van der Waals surface area contributed by atoms with Gasteiger partial charge in [0.1, 0.15) is 0 Å². The lowest BCUT2D eigenvalue weighted by molar-refractivity contribution is 0.151. The van der Waals surface area contributed by atoms with Gasteiger partial charge in [-0.1, -0.05) is 38.2 Å². The number of rotatable bonds is 5. The van der Waals surface area contributed by atoms with Gasteiger partial charge in [-0.25, -0.2) is 4.39 Å². The topological polar surface area (TPSA) is 29.5 Å². The van der Waals surface area contributed by atoms with Crippen LogP contribution < -0.4 is 4.74 Å². The van der Waals surface area contributed by atoms with E-state index >= 15 is 0 Å². The van der Waals surface area contributed by atoms with E-state index in [1.165, 1.54) is 45.3 Å². The molecule has 1 atom stereocenters. The summed E-state index contributed by atoms with van der Waals surface area (Å²) in [5.74, 6) is 0.562. The fourth-order valence-corrected chi connectivity index (χ4v) is 2.93. The van der Waals surface area contributed by atoms with E-state index in [0.29, 0.717) is 5.56 Å². The first-order valence-electron chi connectivity index (χ1n) is 7.22. The van der Waals surface area contributed by atoms with Crippen molar-refractivity contribution < 1.29 is 14.2 Å². The third-order valence-corrected chi connectivity index (χ3v) is 4.13. The highest BCUT2D eigenvalue weighted by molar-refractivity contribution is 5.30. The Labute approximate surface area is 114 Å².